The summed E-state index contributed by atoms with van der Waals surface area (Å²) in [5.41, 5.74) is 6.05. The molecule has 1 aromatic carbocycles. The summed E-state index contributed by atoms with van der Waals surface area (Å²) in [5, 5.41) is 0.0535. The Morgan fingerprint density at radius 3 is 2.58 bits per heavy atom. The number of hydrogen-bond donors (Lipinski definition) is 1. The van der Waals surface area contributed by atoms with Gasteiger partial charge >= 0.3 is 5.97 Å². The summed E-state index contributed by atoms with van der Waals surface area (Å²) in [4.78, 5) is 12.3. The number of benzene rings is 1. The molecule has 1 aliphatic rings. The van der Waals surface area contributed by atoms with Gasteiger partial charge in [-0.2, -0.15) is 0 Å². The fraction of sp³-hybridized carbons (Fsp3) is 0.650. The molecule has 0 aliphatic heterocycles. The molecule has 2 N–H and O–H groups in total. The van der Waals surface area contributed by atoms with Crippen molar-refractivity contribution in [2.75, 3.05) is 0 Å². The van der Waals surface area contributed by atoms with Gasteiger partial charge in [-0.15, -0.1) is 9.24 Å². The molecule has 146 valence electrons. The second kappa shape index (κ2) is 10.3. The Hall–Kier alpha value is -1.06. The number of carbonyl (C=O) groups is 1. The van der Waals surface area contributed by atoms with E-state index in [2.05, 4.69) is 16.2 Å². The summed E-state index contributed by atoms with van der Waals surface area (Å²) in [5.74, 6) is -1.74. The molecule has 2 rings (SSSR count). The summed E-state index contributed by atoms with van der Waals surface area (Å²) < 4.78 is 32.0. The topological polar surface area (TPSA) is 52.3 Å². The zero-order valence-corrected chi connectivity index (χ0v) is 16.6. The minimum atomic E-state index is -1.01. The molecule has 6 heteroatoms. The zero-order chi connectivity index (χ0) is 19.1. The van der Waals surface area contributed by atoms with Gasteiger partial charge in [0.1, 0.15) is 5.75 Å². The molecule has 1 aromatic rings. The minimum absolute atomic E-state index is 0.0535. The molecule has 3 nitrogen and oxygen atoms in total. The average Bonchev–Trinajstić information content (AvgIpc) is 2.60. The Balaban J connectivity index is 1.74. The second-order valence-corrected chi connectivity index (χ2v) is 8.05. The highest BCUT2D eigenvalue weighted by Gasteiger charge is 2.28. The third-order valence-electron chi connectivity index (χ3n) is 5.28. The van der Waals surface area contributed by atoms with Crippen molar-refractivity contribution in [3.8, 4) is 5.75 Å². The smallest absolute Gasteiger partial charge is 0.314 e. The summed E-state index contributed by atoms with van der Waals surface area (Å²) >= 11 is 0. The minimum Gasteiger partial charge on any atom is -0.426 e. The zero-order valence-electron chi connectivity index (χ0n) is 15.5. The number of esters is 1. The van der Waals surface area contributed by atoms with E-state index in [4.69, 9.17) is 10.5 Å². The van der Waals surface area contributed by atoms with Crippen molar-refractivity contribution in [2.24, 2.45) is 17.6 Å². The Labute approximate surface area is 157 Å². The highest BCUT2D eigenvalue weighted by atomic mass is 31.0. The predicted octanol–water partition coefficient (Wildman–Crippen LogP) is 4.47. The van der Waals surface area contributed by atoms with Crippen LogP contribution in [-0.2, 0) is 4.79 Å². The van der Waals surface area contributed by atoms with Gasteiger partial charge in [-0.3, -0.25) is 4.79 Å². The van der Waals surface area contributed by atoms with E-state index in [0.29, 0.717) is 12.0 Å². The highest BCUT2D eigenvalue weighted by molar-refractivity contribution is 7.27. The van der Waals surface area contributed by atoms with E-state index in [9.17, 15) is 13.6 Å². The normalized spacial score (nSPS) is 21.4. The van der Waals surface area contributed by atoms with Crippen LogP contribution in [0.3, 0.4) is 0 Å². The van der Waals surface area contributed by atoms with Crippen LogP contribution >= 0.6 is 9.24 Å². The van der Waals surface area contributed by atoms with Gasteiger partial charge in [0.15, 0.2) is 11.6 Å². The van der Waals surface area contributed by atoms with Crippen LogP contribution in [0.1, 0.15) is 64.7 Å². The molecule has 0 radical (unpaired) electrons. The van der Waals surface area contributed by atoms with E-state index in [1.807, 2.05) is 0 Å². The molecule has 0 aromatic heterocycles. The number of carbonyl (C=O) groups excluding carboxylic acids is 1. The Bertz CT molecular complexity index is 580. The summed E-state index contributed by atoms with van der Waals surface area (Å²) in [6.45, 7) is 2.15. The van der Waals surface area contributed by atoms with Gasteiger partial charge in [0.05, 0.1) is 5.92 Å². The highest BCUT2D eigenvalue weighted by Crippen LogP contribution is 2.33. The lowest BCUT2D eigenvalue weighted by Gasteiger charge is -2.27. The van der Waals surface area contributed by atoms with Crippen molar-refractivity contribution >= 4 is 20.5 Å². The molecule has 0 saturated heterocycles. The van der Waals surface area contributed by atoms with E-state index < -0.39 is 11.6 Å². The predicted molar refractivity (Wildman–Crippen MR) is 104 cm³/mol. The quantitative estimate of drug-likeness (QED) is 0.408. The van der Waals surface area contributed by atoms with E-state index in [1.165, 1.54) is 12.5 Å². The van der Waals surface area contributed by atoms with Crippen LogP contribution in [-0.4, -0.2) is 12.0 Å². The maximum Gasteiger partial charge on any atom is 0.314 e. The van der Waals surface area contributed by atoms with Crippen molar-refractivity contribution < 1.29 is 18.3 Å². The number of ether oxygens (including phenoxy) is 1. The SMILES string of the molecule is CCCC(N)CCCC1CCC(C(=O)Oc2cc(F)c(F)c(P)c2)CC1. The standard InChI is InChI=1S/C20H30F2NO2P/c1-2-4-15(23)6-3-5-13-7-9-14(10-8-13)20(24)25-16-11-17(21)19(22)18(26)12-16/h11-15H,2-10,23,26H2,1H3. The molecule has 0 heterocycles. The van der Waals surface area contributed by atoms with E-state index in [1.54, 1.807) is 0 Å². The van der Waals surface area contributed by atoms with Crippen molar-refractivity contribution in [1.82, 2.24) is 0 Å². The number of rotatable bonds is 8. The lowest BCUT2D eigenvalue weighted by molar-refractivity contribution is -0.140. The lowest BCUT2D eigenvalue weighted by atomic mass is 9.79. The molecule has 1 aliphatic carbocycles. The summed E-state index contributed by atoms with van der Waals surface area (Å²) in [6, 6.07) is 2.56. The third kappa shape index (κ3) is 6.28. The maximum absolute atomic E-state index is 13.4. The van der Waals surface area contributed by atoms with Gasteiger partial charge < -0.3 is 10.5 Å². The largest absolute Gasteiger partial charge is 0.426 e. The Morgan fingerprint density at radius 2 is 1.96 bits per heavy atom. The van der Waals surface area contributed by atoms with Gasteiger partial charge in [-0.1, -0.05) is 26.2 Å². The van der Waals surface area contributed by atoms with Gasteiger partial charge in [0.25, 0.3) is 0 Å². The molecule has 0 amide bonds. The molecule has 1 saturated carbocycles. The van der Waals surface area contributed by atoms with Crippen molar-refractivity contribution in [3.05, 3.63) is 23.8 Å². The monoisotopic (exact) mass is 385 g/mol. The van der Waals surface area contributed by atoms with Gasteiger partial charge in [0.2, 0.25) is 0 Å². The van der Waals surface area contributed by atoms with Crippen molar-refractivity contribution in [1.29, 1.82) is 0 Å². The third-order valence-corrected chi connectivity index (χ3v) is 5.70. The Kier molecular flexibility index (Phi) is 8.43. The molecular weight excluding hydrogens is 355 g/mol. The molecule has 2 unspecified atom stereocenters. The van der Waals surface area contributed by atoms with Crippen molar-refractivity contribution in [3.63, 3.8) is 0 Å². The molecule has 26 heavy (non-hydrogen) atoms. The second-order valence-electron chi connectivity index (χ2n) is 7.43. The van der Waals surface area contributed by atoms with E-state index in [0.717, 1.165) is 57.4 Å². The average molecular weight is 385 g/mol. The number of halogens is 2. The van der Waals surface area contributed by atoms with Crippen LogP contribution in [0, 0.1) is 23.5 Å². The number of nitrogens with two attached hydrogens (primary N) is 1. The first-order chi connectivity index (χ1) is 12.4. The lowest BCUT2D eigenvalue weighted by Crippen LogP contribution is -2.26. The van der Waals surface area contributed by atoms with Gasteiger partial charge in [-0.05, 0) is 50.5 Å². The fourth-order valence-corrected chi connectivity index (χ4v) is 4.02. The Morgan fingerprint density at radius 1 is 1.27 bits per heavy atom. The molecule has 1 fully saturated rings. The van der Waals surface area contributed by atoms with Crippen LogP contribution in [0.25, 0.3) is 0 Å². The summed E-state index contributed by atoms with van der Waals surface area (Å²) in [6.07, 6.45) is 9.20. The van der Waals surface area contributed by atoms with Gasteiger partial charge in [0, 0.05) is 17.4 Å². The summed E-state index contributed by atoms with van der Waals surface area (Å²) in [7, 11) is 2.10. The van der Waals surface area contributed by atoms with E-state index in [-0.39, 0.29) is 22.9 Å². The first kappa shape index (κ1) is 21.2. The van der Waals surface area contributed by atoms with Crippen LogP contribution < -0.4 is 15.8 Å². The molecule has 0 bridgehead atoms. The van der Waals surface area contributed by atoms with Crippen LogP contribution in [0.15, 0.2) is 12.1 Å². The molecule has 0 spiro atoms. The molecule has 2 atom stereocenters. The van der Waals surface area contributed by atoms with Gasteiger partial charge in [-0.25, -0.2) is 8.78 Å². The van der Waals surface area contributed by atoms with Crippen LogP contribution in [0.2, 0.25) is 0 Å². The first-order valence-corrected chi connectivity index (χ1v) is 10.2. The van der Waals surface area contributed by atoms with Crippen LogP contribution in [0.4, 0.5) is 8.78 Å². The molecular formula is C20H30F2NO2P. The van der Waals surface area contributed by atoms with E-state index >= 15 is 0 Å². The van der Waals surface area contributed by atoms with Crippen molar-refractivity contribution in [2.45, 2.75) is 70.8 Å². The fourth-order valence-electron chi connectivity index (χ4n) is 3.71. The maximum atomic E-state index is 13.4. The number of hydrogen-bond acceptors (Lipinski definition) is 3. The van der Waals surface area contributed by atoms with Crippen LogP contribution in [0.5, 0.6) is 5.75 Å². The first-order valence-electron chi connectivity index (χ1n) is 9.62.